The summed E-state index contributed by atoms with van der Waals surface area (Å²) in [5, 5.41) is 3.43. The van der Waals surface area contributed by atoms with Crippen molar-refractivity contribution in [3.05, 3.63) is 29.8 Å². The molecule has 20 heavy (non-hydrogen) atoms. The van der Waals surface area contributed by atoms with E-state index in [1.165, 1.54) is 0 Å². The minimum absolute atomic E-state index is 0.171. The Hall–Kier alpha value is -1.55. The predicted molar refractivity (Wildman–Crippen MR) is 78.1 cm³/mol. The van der Waals surface area contributed by atoms with E-state index in [0.717, 1.165) is 43.7 Å². The number of rotatable bonds is 3. The third-order valence-electron chi connectivity index (χ3n) is 4.30. The van der Waals surface area contributed by atoms with Crippen LogP contribution in [0.25, 0.3) is 0 Å². The number of carbonyl (C=O) groups is 1. The van der Waals surface area contributed by atoms with Gasteiger partial charge in [-0.1, -0.05) is 0 Å². The zero-order chi connectivity index (χ0) is 13.9. The first-order valence-corrected chi connectivity index (χ1v) is 7.56. The van der Waals surface area contributed by atoms with Gasteiger partial charge in [0, 0.05) is 24.2 Å². The Balaban J connectivity index is 1.77. The molecule has 0 aliphatic carbocycles. The van der Waals surface area contributed by atoms with E-state index in [-0.39, 0.29) is 5.91 Å². The summed E-state index contributed by atoms with van der Waals surface area (Å²) in [4.78, 5) is 14.8. The average Bonchev–Trinajstić information content (AvgIpc) is 2.72. The lowest BCUT2D eigenvalue weighted by Gasteiger charge is -2.28. The number of hydrogen-bond donors (Lipinski definition) is 1. The van der Waals surface area contributed by atoms with Gasteiger partial charge in [0.05, 0.1) is 6.61 Å². The highest BCUT2D eigenvalue weighted by Crippen LogP contribution is 2.29. The maximum Gasteiger partial charge on any atom is 0.254 e. The predicted octanol–water partition coefficient (Wildman–Crippen LogP) is 2.05. The Morgan fingerprint density at radius 2 is 2.00 bits per heavy atom. The molecular weight excluding hydrogens is 252 g/mol. The van der Waals surface area contributed by atoms with Gasteiger partial charge in [-0.3, -0.25) is 4.79 Å². The molecule has 1 aromatic carbocycles. The van der Waals surface area contributed by atoms with E-state index in [9.17, 15) is 4.79 Å². The lowest BCUT2D eigenvalue weighted by molar-refractivity contribution is 0.0680. The number of hydrogen-bond acceptors (Lipinski definition) is 3. The number of nitrogens with zero attached hydrogens (tertiary/aromatic N) is 1. The second kappa shape index (κ2) is 5.83. The van der Waals surface area contributed by atoms with Crippen LogP contribution < -0.4 is 10.1 Å². The number of ether oxygens (including phenoxy) is 1. The Kier molecular flexibility index (Phi) is 3.92. The summed E-state index contributed by atoms with van der Waals surface area (Å²) in [5.41, 5.74) is 0.771. The zero-order valence-electron chi connectivity index (χ0n) is 12.0. The van der Waals surface area contributed by atoms with Crippen LogP contribution in [-0.4, -0.2) is 42.6 Å². The Morgan fingerprint density at radius 1 is 1.25 bits per heavy atom. The molecule has 2 fully saturated rings. The molecule has 1 N–H and O–H groups in total. The molecule has 2 saturated heterocycles. The van der Waals surface area contributed by atoms with E-state index in [1.807, 2.05) is 31.2 Å². The topological polar surface area (TPSA) is 41.6 Å². The maximum atomic E-state index is 12.7. The number of fused-ring (bicyclic) bond motifs is 2. The van der Waals surface area contributed by atoms with Crippen LogP contribution in [-0.2, 0) is 0 Å². The summed E-state index contributed by atoms with van der Waals surface area (Å²) in [6.07, 6.45) is 3.34. The molecule has 3 rings (SSSR count). The minimum Gasteiger partial charge on any atom is -0.494 e. The Bertz CT molecular complexity index is 458. The summed E-state index contributed by atoms with van der Waals surface area (Å²) in [7, 11) is 0. The Labute approximate surface area is 120 Å². The van der Waals surface area contributed by atoms with Gasteiger partial charge >= 0.3 is 0 Å². The van der Waals surface area contributed by atoms with Gasteiger partial charge in [-0.2, -0.15) is 0 Å². The van der Waals surface area contributed by atoms with Gasteiger partial charge < -0.3 is 15.0 Å². The molecular formula is C16H22N2O2. The van der Waals surface area contributed by atoms with E-state index in [2.05, 4.69) is 10.2 Å². The highest BCUT2D eigenvalue weighted by molar-refractivity contribution is 5.95. The van der Waals surface area contributed by atoms with E-state index in [4.69, 9.17) is 4.74 Å². The fraction of sp³-hybridized carbons (Fsp3) is 0.562. The second-order valence-corrected chi connectivity index (χ2v) is 5.55. The fourth-order valence-corrected chi connectivity index (χ4v) is 3.32. The molecule has 2 atom stereocenters. The molecule has 2 bridgehead atoms. The number of carbonyl (C=O) groups excluding carboxylic acids is 1. The lowest BCUT2D eigenvalue weighted by Crippen LogP contribution is -2.42. The molecule has 1 aromatic rings. The number of nitrogens with one attached hydrogen (secondary N) is 1. The molecule has 2 aliphatic rings. The highest BCUT2D eigenvalue weighted by atomic mass is 16.5. The molecule has 0 radical (unpaired) electrons. The van der Waals surface area contributed by atoms with E-state index >= 15 is 0 Å². The first-order valence-electron chi connectivity index (χ1n) is 7.56. The molecule has 1 amide bonds. The van der Waals surface area contributed by atoms with Gasteiger partial charge in [-0.15, -0.1) is 0 Å². The fourth-order valence-electron chi connectivity index (χ4n) is 3.32. The molecule has 108 valence electrons. The third kappa shape index (κ3) is 2.52. The summed E-state index contributed by atoms with van der Waals surface area (Å²) < 4.78 is 5.43. The van der Waals surface area contributed by atoms with E-state index in [1.54, 1.807) is 0 Å². The maximum absolute atomic E-state index is 12.7. The van der Waals surface area contributed by atoms with Crippen LogP contribution in [0.3, 0.4) is 0 Å². The van der Waals surface area contributed by atoms with Crippen LogP contribution in [0.1, 0.15) is 36.5 Å². The van der Waals surface area contributed by atoms with Crippen molar-refractivity contribution < 1.29 is 9.53 Å². The summed E-state index contributed by atoms with van der Waals surface area (Å²) in [5.74, 6) is 0.994. The monoisotopic (exact) mass is 274 g/mol. The molecule has 2 aliphatic heterocycles. The van der Waals surface area contributed by atoms with Crippen molar-refractivity contribution in [3.63, 3.8) is 0 Å². The highest BCUT2D eigenvalue weighted by Gasteiger charge is 2.38. The number of amides is 1. The Morgan fingerprint density at radius 3 is 2.75 bits per heavy atom. The van der Waals surface area contributed by atoms with Crippen molar-refractivity contribution in [1.82, 2.24) is 10.2 Å². The van der Waals surface area contributed by atoms with E-state index < -0.39 is 0 Å². The first-order chi connectivity index (χ1) is 9.79. The SMILES string of the molecule is CCOc1ccc(C(=O)N2C3CCNCC2CC3)cc1. The molecule has 0 saturated carbocycles. The summed E-state index contributed by atoms with van der Waals surface area (Å²) >= 11 is 0. The molecule has 0 spiro atoms. The molecule has 2 unspecified atom stereocenters. The average molecular weight is 274 g/mol. The molecule has 4 nitrogen and oxygen atoms in total. The largest absolute Gasteiger partial charge is 0.494 e. The van der Waals surface area contributed by atoms with Crippen molar-refractivity contribution in [2.24, 2.45) is 0 Å². The third-order valence-corrected chi connectivity index (χ3v) is 4.30. The van der Waals surface area contributed by atoms with Gasteiger partial charge in [0.2, 0.25) is 0 Å². The van der Waals surface area contributed by atoms with Crippen LogP contribution in [0, 0.1) is 0 Å². The van der Waals surface area contributed by atoms with Gasteiger partial charge in [-0.05, 0) is 57.0 Å². The first kappa shape index (κ1) is 13.4. The van der Waals surface area contributed by atoms with Gasteiger partial charge in [0.15, 0.2) is 0 Å². The molecule has 0 aromatic heterocycles. The molecule has 2 heterocycles. The van der Waals surface area contributed by atoms with Crippen molar-refractivity contribution in [3.8, 4) is 5.75 Å². The summed E-state index contributed by atoms with van der Waals surface area (Å²) in [6, 6.07) is 8.30. The van der Waals surface area contributed by atoms with Crippen LogP contribution >= 0.6 is 0 Å². The smallest absolute Gasteiger partial charge is 0.254 e. The minimum atomic E-state index is 0.171. The lowest BCUT2D eigenvalue weighted by atomic mass is 10.1. The standard InChI is InChI=1S/C16H22N2O2/c1-2-20-15-7-3-12(4-8-15)16(19)18-13-5-6-14(18)11-17-10-9-13/h3-4,7-8,13-14,17H,2,5-6,9-11H2,1H3. The molecule has 4 heteroatoms. The van der Waals surface area contributed by atoms with Gasteiger partial charge in [-0.25, -0.2) is 0 Å². The zero-order valence-corrected chi connectivity index (χ0v) is 12.0. The second-order valence-electron chi connectivity index (χ2n) is 5.55. The van der Waals surface area contributed by atoms with Crippen molar-refractivity contribution in [2.45, 2.75) is 38.3 Å². The summed E-state index contributed by atoms with van der Waals surface area (Å²) in [6.45, 7) is 4.56. The van der Waals surface area contributed by atoms with Gasteiger partial charge in [0.25, 0.3) is 5.91 Å². The number of benzene rings is 1. The van der Waals surface area contributed by atoms with Crippen molar-refractivity contribution >= 4 is 5.91 Å². The van der Waals surface area contributed by atoms with Crippen LogP contribution in [0.15, 0.2) is 24.3 Å². The van der Waals surface area contributed by atoms with Gasteiger partial charge in [0.1, 0.15) is 5.75 Å². The van der Waals surface area contributed by atoms with Crippen molar-refractivity contribution in [1.29, 1.82) is 0 Å². The van der Waals surface area contributed by atoms with Crippen LogP contribution in [0.5, 0.6) is 5.75 Å². The van der Waals surface area contributed by atoms with Crippen molar-refractivity contribution in [2.75, 3.05) is 19.7 Å². The van der Waals surface area contributed by atoms with Crippen LogP contribution in [0.2, 0.25) is 0 Å². The van der Waals surface area contributed by atoms with Crippen LogP contribution in [0.4, 0.5) is 0 Å². The quantitative estimate of drug-likeness (QED) is 0.917. The van der Waals surface area contributed by atoms with E-state index in [0.29, 0.717) is 18.7 Å². The normalized spacial score (nSPS) is 25.4.